The zero-order valence-corrected chi connectivity index (χ0v) is 10.2. The SMILES string of the molecule is CCc1cnn(CCCN2CCNCC2)c1. The predicted octanol–water partition coefficient (Wildman–Crippen LogP) is 0.741. The molecule has 1 aromatic rings. The average Bonchev–Trinajstić information content (AvgIpc) is 2.78. The Kier molecular flexibility index (Phi) is 4.36. The molecule has 1 aliphatic heterocycles. The minimum Gasteiger partial charge on any atom is -0.314 e. The summed E-state index contributed by atoms with van der Waals surface area (Å²) in [7, 11) is 0. The number of rotatable bonds is 5. The molecule has 0 spiro atoms. The molecule has 0 atom stereocenters. The molecule has 4 heteroatoms. The monoisotopic (exact) mass is 222 g/mol. The van der Waals surface area contributed by atoms with Crippen LogP contribution in [0.1, 0.15) is 18.9 Å². The standard InChI is InChI=1S/C12H22N4/c1-2-12-10-14-16(11-12)7-3-6-15-8-4-13-5-9-15/h10-11,13H,2-9H2,1H3. The molecule has 0 amide bonds. The van der Waals surface area contributed by atoms with Gasteiger partial charge in [-0.05, 0) is 24.9 Å². The molecule has 0 saturated carbocycles. The van der Waals surface area contributed by atoms with Crippen molar-refractivity contribution < 1.29 is 0 Å². The molecule has 1 N–H and O–H groups in total. The average molecular weight is 222 g/mol. The zero-order valence-electron chi connectivity index (χ0n) is 10.2. The Balaban J connectivity index is 1.66. The molecule has 1 aliphatic rings. The lowest BCUT2D eigenvalue weighted by molar-refractivity contribution is 0.233. The van der Waals surface area contributed by atoms with Crippen molar-refractivity contribution in [1.82, 2.24) is 20.0 Å². The summed E-state index contributed by atoms with van der Waals surface area (Å²) < 4.78 is 2.07. The van der Waals surface area contributed by atoms with Crippen molar-refractivity contribution in [2.24, 2.45) is 0 Å². The summed E-state index contributed by atoms with van der Waals surface area (Å²) in [6, 6.07) is 0. The number of nitrogens with zero attached hydrogens (tertiary/aromatic N) is 3. The largest absolute Gasteiger partial charge is 0.314 e. The minimum atomic E-state index is 1.05. The summed E-state index contributed by atoms with van der Waals surface area (Å²) in [5.74, 6) is 0. The highest BCUT2D eigenvalue weighted by atomic mass is 15.3. The molecular formula is C12H22N4. The molecule has 0 aliphatic carbocycles. The summed E-state index contributed by atoms with van der Waals surface area (Å²) in [5, 5.41) is 7.73. The summed E-state index contributed by atoms with van der Waals surface area (Å²) in [6.07, 6.45) is 6.42. The number of nitrogens with one attached hydrogen (secondary N) is 1. The van der Waals surface area contributed by atoms with Gasteiger partial charge in [0, 0.05) is 38.9 Å². The summed E-state index contributed by atoms with van der Waals surface area (Å²) >= 11 is 0. The first-order valence-corrected chi connectivity index (χ1v) is 6.33. The Morgan fingerprint density at radius 1 is 1.31 bits per heavy atom. The van der Waals surface area contributed by atoms with Crippen LogP contribution >= 0.6 is 0 Å². The van der Waals surface area contributed by atoms with E-state index in [9.17, 15) is 0 Å². The van der Waals surface area contributed by atoms with Crippen molar-refractivity contribution in [2.75, 3.05) is 32.7 Å². The van der Waals surface area contributed by atoms with Crippen molar-refractivity contribution in [2.45, 2.75) is 26.3 Å². The van der Waals surface area contributed by atoms with Gasteiger partial charge in [0.25, 0.3) is 0 Å². The van der Waals surface area contributed by atoms with Crippen molar-refractivity contribution in [3.8, 4) is 0 Å². The second kappa shape index (κ2) is 6.01. The van der Waals surface area contributed by atoms with E-state index in [1.54, 1.807) is 0 Å². The van der Waals surface area contributed by atoms with Gasteiger partial charge in [0.2, 0.25) is 0 Å². The summed E-state index contributed by atoms with van der Waals surface area (Å²) in [4.78, 5) is 2.53. The van der Waals surface area contributed by atoms with E-state index in [0.717, 1.165) is 26.1 Å². The third-order valence-electron chi connectivity index (χ3n) is 3.17. The quantitative estimate of drug-likeness (QED) is 0.798. The second-order valence-electron chi connectivity index (χ2n) is 4.41. The number of aromatic nitrogens is 2. The van der Waals surface area contributed by atoms with Crippen molar-refractivity contribution in [3.05, 3.63) is 18.0 Å². The third-order valence-corrected chi connectivity index (χ3v) is 3.17. The first-order valence-electron chi connectivity index (χ1n) is 6.33. The normalized spacial score (nSPS) is 17.8. The zero-order chi connectivity index (χ0) is 11.2. The fourth-order valence-electron chi connectivity index (χ4n) is 2.10. The van der Waals surface area contributed by atoms with Crippen LogP contribution in [-0.4, -0.2) is 47.4 Å². The van der Waals surface area contributed by atoms with E-state index >= 15 is 0 Å². The molecule has 4 nitrogen and oxygen atoms in total. The molecule has 0 unspecified atom stereocenters. The van der Waals surface area contributed by atoms with E-state index in [4.69, 9.17) is 0 Å². The van der Waals surface area contributed by atoms with E-state index in [2.05, 4.69) is 33.1 Å². The van der Waals surface area contributed by atoms with Gasteiger partial charge in [-0.25, -0.2) is 0 Å². The lowest BCUT2D eigenvalue weighted by Gasteiger charge is -2.26. The van der Waals surface area contributed by atoms with Gasteiger partial charge in [-0.15, -0.1) is 0 Å². The van der Waals surface area contributed by atoms with Crippen LogP contribution in [-0.2, 0) is 13.0 Å². The maximum atomic E-state index is 4.36. The maximum Gasteiger partial charge on any atom is 0.0521 e. The van der Waals surface area contributed by atoms with Crippen LogP contribution < -0.4 is 5.32 Å². The van der Waals surface area contributed by atoms with Gasteiger partial charge in [0.1, 0.15) is 0 Å². The Hall–Kier alpha value is -0.870. The van der Waals surface area contributed by atoms with Crippen molar-refractivity contribution >= 4 is 0 Å². The molecule has 90 valence electrons. The molecule has 16 heavy (non-hydrogen) atoms. The lowest BCUT2D eigenvalue weighted by Crippen LogP contribution is -2.43. The predicted molar refractivity (Wildman–Crippen MR) is 65.5 cm³/mol. The molecular weight excluding hydrogens is 200 g/mol. The number of aryl methyl sites for hydroxylation is 2. The highest BCUT2D eigenvalue weighted by Crippen LogP contribution is 2.00. The van der Waals surface area contributed by atoms with Gasteiger partial charge in [-0.3, -0.25) is 4.68 Å². The number of piperazine rings is 1. The molecule has 2 heterocycles. The lowest BCUT2D eigenvalue weighted by atomic mass is 10.3. The molecule has 0 radical (unpaired) electrons. The molecule has 1 fully saturated rings. The highest BCUT2D eigenvalue weighted by Gasteiger charge is 2.08. The van der Waals surface area contributed by atoms with E-state index in [1.165, 1.54) is 31.6 Å². The molecule has 0 bridgehead atoms. The maximum absolute atomic E-state index is 4.36. The van der Waals surface area contributed by atoms with Crippen LogP contribution in [0.2, 0.25) is 0 Å². The van der Waals surface area contributed by atoms with Gasteiger partial charge < -0.3 is 10.2 Å². The van der Waals surface area contributed by atoms with Crippen LogP contribution in [0.15, 0.2) is 12.4 Å². The Morgan fingerprint density at radius 2 is 2.12 bits per heavy atom. The van der Waals surface area contributed by atoms with E-state index in [0.29, 0.717) is 0 Å². The van der Waals surface area contributed by atoms with Crippen LogP contribution in [0.4, 0.5) is 0 Å². The topological polar surface area (TPSA) is 33.1 Å². The van der Waals surface area contributed by atoms with Crippen molar-refractivity contribution in [1.29, 1.82) is 0 Å². The van der Waals surface area contributed by atoms with Crippen LogP contribution in [0.25, 0.3) is 0 Å². The van der Waals surface area contributed by atoms with Gasteiger partial charge in [-0.1, -0.05) is 6.92 Å². The van der Waals surface area contributed by atoms with Gasteiger partial charge in [0.15, 0.2) is 0 Å². The van der Waals surface area contributed by atoms with Crippen molar-refractivity contribution in [3.63, 3.8) is 0 Å². The molecule has 2 rings (SSSR count). The Bertz CT molecular complexity index is 302. The Morgan fingerprint density at radius 3 is 2.81 bits per heavy atom. The smallest absolute Gasteiger partial charge is 0.0521 e. The fourth-order valence-corrected chi connectivity index (χ4v) is 2.10. The minimum absolute atomic E-state index is 1.05. The number of hydrogen-bond acceptors (Lipinski definition) is 3. The number of hydrogen-bond donors (Lipinski definition) is 1. The fraction of sp³-hybridized carbons (Fsp3) is 0.750. The Labute approximate surface area is 97.6 Å². The summed E-state index contributed by atoms with van der Waals surface area (Å²) in [5.41, 5.74) is 1.34. The van der Waals surface area contributed by atoms with Gasteiger partial charge >= 0.3 is 0 Å². The van der Waals surface area contributed by atoms with E-state index in [1.807, 2.05) is 6.20 Å². The van der Waals surface area contributed by atoms with Crippen LogP contribution in [0, 0.1) is 0 Å². The van der Waals surface area contributed by atoms with Gasteiger partial charge in [-0.2, -0.15) is 5.10 Å². The van der Waals surface area contributed by atoms with Crippen LogP contribution in [0.5, 0.6) is 0 Å². The highest BCUT2D eigenvalue weighted by molar-refractivity contribution is 5.02. The molecule has 0 aromatic carbocycles. The van der Waals surface area contributed by atoms with E-state index in [-0.39, 0.29) is 0 Å². The third kappa shape index (κ3) is 3.32. The first kappa shape index (κ1) is 11.6. The molecule has 1 saturated heterocycles. The van der Waals surface area contributed by atoms with Gasteiger partial charge in [0.05, 0.1) is 6.20 Å². The van der Waals surface area contributed by atoms with Crippen LogP contribution in [0.3, 0.4) is 0 Å². The first-order chi connectivity index (χ1) is 7.88. The summed E-state index contributed by atoms with van der Waals surface area (Å²) in [6.45, 7) is 9.08. The molecule has 1 aromatic heterocycles. The van der Waals surface area contributed by atoms with E-state index < -0.39 is 0 Å². The second-order valence-corrected chi connectivity index (χ2v) is 4.41.